The fourth-order valence-electron chi connectivity index (χ4n) is 8.33. The van der Waals surface area contributed by atoms with Gasteiger partial charge < -0.3 is 9.11 Å². The van der Waals surface area contributed by atoms with Crippen molar-refractivity contribution in [1.29, 1.82) is 0 Å². The second-order valence-electron chi connectivity index (χ2n) is 17.3. The molecule has 0 amide bonds. The molecular weight excluding hydrogens is 825 g/mol. The quantitative estimate of drug-likeness (QED) is 0.0292. The van der Waals surface area contributed by atoms with Crippen LogP contribution in [0, 0.1) is 0 Å². The van der Waals surface area contributed by atoms with E-state index >= 15 is 0 Å². The molecule has 0 radical (unpaired) electrons. The van der Waals surface area contributed by atoms with Crippen LogP contribution in [0.4, 0.5) is 0 Å². The Labute approximate surface area is 402 Å². The SMILES string of the molecule is CCCCCCCCc1ccc2cc(S(=O)(=O)[O-])cc(CCCCCCCC)c2c1.CCCCCCCCc1ccc2cc(S(=O)(=O)[O-])cc(CCCCCCCC)c2c1.[Ca+2]. The van der Waals surface area contributed by atoms with Crippen LogP contribution < -0.4 is 0 Å². The largest absolute Gasteiger partial charge is 2.00 e. The zero-order chi connectivity index (χ0) is 43.6. The van der Waals surface area contributed by atoms with Crippen LogP contribution in [0.25, 0.3) is 21.5 Å². The Morgan fingerprint density at radius 3 is 0.934 bits per heavy atom. The van der Waals surface area contributed by atoms with Crippen molar-refractivity contribution >= 4 is 79.5 Å². The summed E-state index contributed by atoms with van der Waals surface area (Å²) < 4.78 is 69.8. The molecule has 6 nitrogen and oxygen atoms in total. The van der Waals surface area contributed by atoms with E-state index in [2.05, 4.69) is 52.0 Å². The van der Waals surface area contributed by atoms with Crippen LogP contribution in [0.1, 0.15) is 204 Å². The second kappa shape index (κ2) is 31.4. The normalized spacial score (nSPS) is 11.8. The molecule has 4 aromatic rings. The molecule has 9 heteroatoms. The van der Waals surface area contributed by atoms with Crippen LogP contribution in [-0.2, 0) is 45.9 Å². The third kappa shape index (κ3) is 21.8. The van der Waals surface area contributed by atoms with E-state index in [1.807, 2.05) is 12.1 Å². The maximum absolute atomic E-state index is 11.6. The molecule has 0 bridgehead atoms. The summed E-state index contributed by atoms with van der Waals surface area (Å²) in [6.07, 6.45) is 33.4. The van der Waals surface area contributed by atoms with Crippen molar-refractivity contribution < 1.29 is 25.9 Å². The summed E-state index contributed by atoms with van der Waals surface area (Å²) in [4.78, 5) is -0.195. The predicted octanol–water partition coefficient (Wildman–Crippen LogP) is 14.7. The number of hydrogen-bond donors (Lipinski definition) is 0. The molecule has 0 aromatic heterocycles. The zero-order valence-electron chi connectivity index (χ0n) is 38.5. The molecule has 0 saturated carbocycles. The molecule has 0 aliphatic rings. The first-order chi connectivity index (χ1) is 28.9. The summed E-state index contributed by atoms with van der Waals surface area (Å²) in [5.74, 6) is 0. The fraction of sp³-hybridized carbons (Fsp3) is 0.615. The molecule has 0 spiro atoms. The van der Waals surface area contributed by atoms with Gasteiger partial charge in [-0.15, -0.1) is 0 Å². The molecule has 4 aromatic carbocycles. The van der Waals surface area contributed by atoms with Gasteiger partial charge in [-0.05, 0) is 119 Å². The Morgan fingerprint density at radius 2 is 0.639 bits per heavy atom. The Bertz CT molecular complexity index is 1900. The fourth-order valence-corrected chi connectivity index (χ4v) is 9.44. The van der Waals surface area contributed by atoms with Crippen molar-refractivity contribution in [2.24, 2.45) is 0 Å². The van der Waals surface area contributed by atoms with Gasteiger partial charge in [-0.25, -0.2) is 16.8 Å². The maximum atomic E-state index is 11.6. The number of benzene rings is 4. The first-order valence-electron chi connectivity index (χ1n) is 23.9. The second-order valence-corrected chi connectivity index (χ2v) is 20.0. The Hall–Kier alpha value is -1.52. The zero-order valence-corrected chi connectivity index (χ0v) is 42.4. The first-order valence-corrected chi connectivity index (χ1v) is 26.8. The van der Waals surface area contributed by atoms with E-state index in [1.165, 1.54) is 152 Å². The molecule has 4 rings (SSSR count). The molecule has 0 atom stereocenters. The molecule has 0 saturated heterocycles. The molecule has 0 aliphatic heterocycles. The number of rotatable bonds is 30. The molecule has 336 valence electrons. The molecule has 61 heavy (non-hydrogen) atoms. The van der Waals surface area contributed by atoms with Gasteiger partial charge in [0.25, 0.3) is 0 Å². The van der Waals surface area contributed by atoms with Crippen LogP contribution in [0.3, 0.4) is 0 Å². The smallest absolute Gasteiger partial charge is 0.744 e. The summed E-state index contributed by atoms with van der Waals surface area (Å²) in [6.45, 7) is 8.90. The van der Waals surface area contributed by atoms with Crippen molar-refractivity contribution in [3.63, 3.8) is 0 Å². The van der Waals surface area contributed by atoms with Gasteiger partial charge in [0.15, 0.2) is 0 Å². The average molecular weight is 903 g/mol. The van der Waals surface area contributed by atoms with E-state index in [-0.39, 0.29) is 47.5 Å². The molecule has 0 N–H and O–H groups in total. The van der Waals surface area contributed by atoms with Crippen molar-refractivity contribution in [1.82, 2.24) is 0 Å². The van der Waals surface area contributed by atoms with Crippen molar-refractivity contribution in [3.8, 4) is 0 Å². The van der Waals surface area contributed by atoms with Gasteiger partial charge in [0.2, 0.25) is 0 Å². The topological polar surface area (TPSA) is 114 Å². The summed E-state index contributed by atoms with van der Waals surface area (Å²) >= 11 is 0. The van der Waals surface area contributed by atoms with Crippen LogP contribution in [0.2, 0.25) is 0 Å². The maximum Gasteiger partial charge on any atom is 2.00 e. The molecular formula is C52H78CaO6S2. The predicted molar refractivity (Wildman–Crippen MR) is 258 cm³/mol. The van der Waals surface area contributed by atoms with E-state index in [1.54, 1.807) is 12.1 Å². The monoisotopic (exact) mass is 902 g/mol. The number of unbranched alkanes of at least 4 members (excludes halogenated alkanes) is 20. The van der Waals surface area contributed by atoms with Gasteiger partial charge >= 0.3 is 37.7 Å². The summed E-state index contributed by atoms with van der Waals surface area (Å²) in [6, 6.07) is 18.9. The number of fused-ring (bicyclic) bond motifs is 2. The van der Waals surface area contributed by atoms with E-state index < -0.39 is 20.2 Å². The Balaban J connectivity index is 0.000000413. The summed E-state index contributed by atoms with van der Waals surface area (Å²) in [5, 5.41) is 3.94. The first kappa shape index (κ1) is 55.6. The van der Waals surface area contributed by atoms with E-state index in [4.69, 9.17) is 0 Å². The van der Waals surface area contributed by atoms with Gasteiger partial charge in [-0.1, -0.05) is 193 Å². The van der Waals surface area contributed by atoms with E-state index in [0.717, 1.165) is 84.0 Å². The number of aryl methyl sites for hydroxylation is 4. The van der Waals surface area contributed by atoms with Crippen LogP contribution in [0.15, 0.2) is 70.5 Å². The van der Waals surface area contributed by atoms with Crippen LogP contribution in [-0.4, -0.2) is 63.7 Å². The van der Waals surface area contributed by atoms with E-state index in [9.17, 15) is 25.9 Å². The van der Waals surface area contributed by atoms with Crippen LogP contribution >= 0.6 is 0 Å². The minimum Gasteiger partial charge on any atom is -0.744 e. The third-order valence-electron chi connectivity index (χ3n) is 12.0. The van der Waals surface area contributed by atoms with Gasteiger partial charge in [-0.3, -0.25) is 0 Å². The Kier molecular flexibility index (Phi) is 28.6. The van der Waals surface area contributed by atoms with Crippen molar-refractivity contribution in [3.05, 3.63) is 82.9 Å². The van der Waals surface area contributed by atoms with E-state index in [0.29, 0.717) is 0 Å². The van der Waals surface area contributed by atoms with Gasteiger partial charge in [0.05, 0.1) is 9.79 Å². The van der Waals surface area contributed by atoms with Gasteiger partial charge in [0, 0.05) is 0 Å². The summed E-state index contributed by atoms with van der Waals surface area (Å²) in [5.41, 5.74) is 4.62. The minimum atomic E-state index is -4.44. The van der Waals surface area contributed by atoms with Crippen LogP contribution in [0.5, 0.6) is 0 Å². The van der Waals surface area contributed by atoms with Gasteiger partial charge in [0.1, 0.15) is 20.2 Å². The van der Waals surface area contributed by atoms with Gasteiger partial charge in [-0.2, -0.15) is 0 Å². The Morgan fingerprint density at radius 1 is 0.361 bits per heavy atom. The van der Waals surface area contributed by atoms with Crippen molar-refractivity contribution in [2.45, 2.75) is 217 Å². The molecule has 0 fully saturated rings. The standard InChI is InChI=1S/2C26H40O3S.Ca/c2*1-3-5-7-9-11-13-15-22-17-18-24-21-25(30(27,28)29)20-23(26(24)19-22)16-14-12-10-8-6-4-2;/h2*17-21H,3-16H2,1-2H3,(H,27,28,29);/q;;+2/p-2. The molecule has 0 aliphatic carbocycles. The minimum absolute atomic E-state index is 0. The summed E-state index contributed by atoms with van der Waals surface area (Å²) in [7, 11) is -8.89. The number of hydrogen-bond acceptors (Lipinski definition) is 6. The third-order valence-corrected chi connectivity index (χ3v) is 13.6. The molecule has 0 unspecified atom stereocenters. The van der Waals surface area contributed by atoms with Crippen molar-refractivity contribution in [2.75, 3.05) is 0 Å². The molecule has 0 heterocycles. The average Bonchev–Trinajstić information content (AvgIpc) is 3.22.